The number of guanidine groups is 1. The number of esters is 1. The number of rotatable bonds is 18. The van der Waals surface area contributed by atoms with E-state index in [4.69, 9.17) is 25.7 Å². The van der Waals surface area contributed by atoms with Crippen LogP contribution in [-0.4, -0.2) is 43.4 Å². The van der Waals surface area contributed by atoms with Gasteiger partial charge in [0.2, 0.25) is 5.91 Å². The van der Waals surface area contributed by atoms with E-state index in [1.807, 2.05) is 103 Å². The van der Waals surface area contributed by atoms with Crippen LogP contribution in [-0.2, 0) is 20.9 Å². The molecule has 0 fully saturated rings. The van der Waals surface area contributed by atoms with Crippen molar-refractivity contribution >= 4 is 50.9 Å². The van der Waals surface area contributed by atoms with Crippen LogP contribution in [0.25, 0.3) is 32.7 Å². The van der Waals surface area contributed by atoms with E-state index < -0.39 is 11.9 Å². The van der Waals surface area contributed by atoms with E-state index in [0.29, 0.717) is 43.2 Å². The number of ether oxygens (including phenoxy) is 3. The maximum atomic E-state index is 13.8. The van der Waals surface area contributed by atoms with Gasteiger partial charge in [0.15, 0.2) is 5.78 Å². The molecule has 0 unspecified atom stereocenters. The Kier molecular flexibility index (Phi) is 14.8. The van der Waals surface area contributed by atoms with Gasteiger partial charge in [-0.15, -0.1) is 0 Å². The standard InChI is InChI=1S/C46H44N4O6.ClH/c1-2-26-54-40-23-21-32-14-6-8-19-38(32)42(40)43-39-20-9-7-15-33(39)22-24-41(43)55-30-37(51)28-34(17-11-25-49-46(47)48)44(52)50-36-18-10-16-35(27-36)45(53)56-29-31-12-4-3-5-13-31;/h2-10,12-16,18-24,27,34H,1,11,17,25-26,28-30H2,(H,50,52)(H4,47,48,49);1H/t34-;/m0./s1. The summed E-state index contributed by atoms with van der Waals surface area (Å²) >= 11 is 0. The van der Waals surface area contributed by atoms with Gasteiger partial charge in [-0.05, 0) is 70.3 Å². The van der Waals surface area contributed by atoms with E-state index in [2.05, 4.69) is 16.9 Å². The van der Waals surface area contributed by atoms with Crippen LogP contribution in [0.5, 0.6) is 11.5 Å². The second-order valence-electron chi connectivity index (χ2n) is 13.3. The Morgan fingerprint density at radius 3 is 2.04 bits per heavy atom. The number of hydrogen-bond acceptors (Lipinski definition) is 6. The van der Waals surface area contributed by atoms with E-state index in [1.54, 1.807) is 30.3 Å². The molecule has 0 aliphatic rings. The van der Waals surface area contributed by atoms with Crippen LogP contribution < -0.4 is 43.7 Å². The Labute approximate surface area is 337 Å². The summed E-state index contributed by atoms with van der Waals surface area (Å²) in [7, 11) is 0. The van der Waals surface area contributed by atoms with Crippen molar-refractivity contribution in [2.75, 3.05) is 25.1 Å². The molecule has 1 amide bonds. The van der Waals surface area contributed by atoms with Gasteiger partial charge in [0, 0.05) is 29.2 Å². The number of carbonyl (C=O) groups is 3. The molecule has 57 heavy (non-hydrogen) atoms. The molecule has 0 radical (unpaired) electrons. The van der Waals surface area contributed by atoms with Gasteiger partial charge in [-0.3, -0.25) is 26.0 Å². The Morgan fingerprint density at radius 2 is 1.39 bits per heavy atom. The fourth-order valence-electron chi connectivity index (χ4n) is 6.58. The van der Waals surface area contributed by atoms with Crippen molar-refractivity contribution in [3.05, 3.63) is 151 Å². The van der Waals surface area contributed by atoms with Crippen LogP contribution in [0.15, 0.2) is 140 Å². The minimum absolute atomic E-state index is 0. The lowest BCUT2D eigenvalue weighted by Gasteiger charge is -2.20. The van der Waals surface area contributed by atoms with Crippen LogP contribution >= 0.6 is 0 Å². The van der Waals surface area contributed by atoms with E-state index in [-0.39, 0.29) is 55.3 Å². The Hall–Kier alpha value is -6.65. The van der Waals surface area contributed by atoms with Gasteiger partial charge in [0.25, 0.3) is 0 Å². The van der Waals surface area contributed by atoms with Crippen molar-refractivity contribution in [1.82, 2.24) is 0 Å². The summed E-state index contributed by atoms with van der Waals surface area (Å²) in [6.07, 6.45) is 2.48. The summed E-state index contributed by atoms with van der Waals surface area (Å²) in [4.78, 5) is 43.2. The Morgan fingerprint density at radius 1 is 0.754 bits per heavy atom. The van der Waals surface area contributed by atoms with Gasteiger partial charge < -0.3 is 31.9 Å². The van der Waals surface area contributed by atoms with Gasteiger partial charge >= 0.3 is 11.9 Å². The summed E-state index contributed by atoms with van der Waals surface area (Å²) < 4.78 is 18.0. The molecule has 11 heteroatoms. The van der Waals surface area contributed by atoms with Gasteiger partial charge in [-0.25, -0.2) is 4.79 Å². The fraction of sp³-hybridized carbons (Fsp3) is 0.174. The van der Waals surface area contributed by atoms with E-state index in [9.17, 15) is 14.4 Å². The highest BCUT2D eigenvalue weighted by molar-refractivity contribution is 6.10. The number of benzene rings is 6. The average molecular weight is 785 g/mol. The lowest BCUT2D eigenvalue weighted by atomic mass is 9.92. The zero-order chi connectivity index (χ0) is 39.3. The molecule has 6 N–H and O–H groups in total. The van der Waals surface area contributed by atoms with Gasteiger partial charge in [0.05, 0.1) is 12.1 Å². The van der Waals surface area contributed by atoms with Crippen molar-refractivity contribution in [3.63, 3.8) is 0 Å². The molecule has 10 nitrogen and oxygen atoms in total. The molecule has 0 aromatic heterocycles. The SMILES string of the molecule is C=CCOc1ccc2ccccc2c1-c1c(OCC(=O)C[C@H](CCC[NH+]=C(N)N)C(=O)Nc2cccc(C(=O)OCc3ccccc3)c2)ccc2ccccc12.[Cl-]. The number of halogens is 1. The zero-order valence-electron chi connectivity index (χ0n) is 31.4. The highest BCUT2D eigenvalue weighted by atomic mass is 35.5. The quantitative estimate of drug-likeness (QED) is 0.0340. The molecule has 0 saturated carbocycles. The lowest BCUT2D eigenvalue weighted by Crippen LogP contribution is -3.00. The number of carbonyl (C=O) groups excluding carboxylic acids is 3. The minimum atomic E-state index is -0.714. The van der Waals surface area contributed by atoms with Gasteiger partial charge in [0.1, 0.15) is 31.3 Å². The monoisotopic (exact) mass is 784 g/mol. The average Bonchev–Trinajstić information content (AvgIpc) is 3.22. The number of nitrogens with two attached hydrogens (primary N) is 2. The van der Waals surface area contributed by atoms with Crippen LogP contribution in [0.2, 0.25) is 0 Å². The molecule has 6 aromatic rings. The van der Waals surface area contributed by atoms with Crippen molar-refractivity contribution < 1.29 is 46.0 Å². The summed E-state index contributed by atoms with van der Waals surface area (Å²) in [5.41, 5.74) is 14.3. The maximum absolute atomic E-state index is 13.8. The number of hydrogen-bond donors (Lipinski definition) is 4. The molecule has 0 heterocycles. The highest BCUT2D eigenvalue weighted by Crippen LogP contribution is 2.45. The molecule has 0 saturated heterocycles. The molecule has 292 valence electrons. The number of amides is 1. The third-order valence-electron chi connectivity index (χ3n) is 9.26. The number of fused-ring (bicyclic) bond motifs is 2. The number of nitrogens with one attached hydrogen (secondary N) is 2. The highest BCUT2D eigenvalue weighted by Gasteiger charge is 2.24. The van der Waals surface area contributed by atoms with Crippen LogP contribution in [0, 0.1) is 5.92 Å². The molecule has 0 spiro atoms. The van der Waals surface area contributed by atoms with E-state index >= 15 is 0 Å². The number of Topliss-reactive ketones (excluding diaryl/α,β-unsaturated/α-hetero) is 1. The number of anilines is 1. The lowest BCUT2D eigenvalue weighted by molar-refractivity contribution is -0.459. The van der Waals surface area contributed by atoms with Crippen LogP contribution in [0.3, 0.4) is 0 Å². The van der Waals surface area contributed by atoms with Gasteiger partial charge in [-0.1, -0.05) is 110 Å². The molecule has 1 atom stereocenters. The fourth-order valence-corrected chi connectivity index (χ4v) is 6.58. The summed E-state index contributed by atoms with van der Waals surface area (Å²) in [5, 5.41) is 6.82. The molecule has 0 bridgehead atoms. The molecular weight excluding hydrogens is 740 g/mol. The second kappa shape index (κ2) is 20.3. The molecule has 6 aromatic carbocycles. The van der Waals surface area contributed by atoms with Crippen molar-refractivity contribution in [3.8, 4) is 22.6 Å². The summed E-state index contributed by atoms with van der Waals surface area (Å²) in [6.45, 7) is 4.40. The largest absolute Gasteiger partial charge is 1.00 e. The Balaban J connectivity index is 0.00000620. The summed E-state index contributed by atoms with van der Waals surface area (Å²) in [6, 6.07) is 39.7. The predicted octanol–water partition coefficient (Wildman–Crippen LogP) is 3.31. The second-order valence-corrected chi connectivity index (χ2v) is 13.3. The van der Waals surface area contributed by atoms with Crippen molar-refractivity contribution in [1.29, 1.82) is 0 Å². The smallest absolute Gasteiger partial charge is 0.338 e. The zero-order valence-corrected chi connectivity index (χ0v) is 32.2. The first-order valence-electron chi connectivity index (χ1n) is 18.5. The molecule has 0 aliphatic carbocycles. The third-order valence-corrected chi connectivity index (χ3v) is 9.26. The first-order chi connectivity index (χ1) is 27.3. The molecular formula is C46H45ClN4O6. The van der Waals surface area contributed by atoms with Crippen molar-refractivity contribution in [2.24, 2.45) is 17.4 Å². The summed E-state index contributed by atoms with van der Waals surface area (Å²) in [5.74, 6) is -0.634. The predicted molar refractivity (Wildman–Crippen MR) is 220 cm³/mol. The third kappa shape index (κ3) is 11.0. The van der Waals surface area contributed by atoms with Crippen LogP contribution in [0.4, 0.5) is 5.69 Å². The minimum Gasteiger partial charge on any atom is -1.00 e. The molecule has 0 aliphatic heterocycles. The van der Waals surface area contributed by atoms with Gasteiger partial charge in [-0.2, -0.15) is 0 Å². The van der Waals surface area contributed by atoms with Crippen molar-refractivity contribution in [2.45, 2.75) is 25.9 Å². The van der Waals surface area contributed by atoms with Crippen LogP contribution in [0.1, 0.15) is 35.2 Å². The topological polar surface area (TPSA) is 157 Å². The van der Waals surface area contributed by atoms with E-state index in [0.717, 1.165) is 38.2 Å². The first kappa shape index (κ1) is 41.5. The molecule has 6 rings (SSSR count). The normalized spacial score (nSPS) is 11.2. The first-order valence-corrected chi connectivity index (χ1v) is 18.5. The number of ketones is 1. The Bertz CT molecular complexity index is 2380. The maximum Gasteiger partial charge on any atom is 0.338 e. The van der Waals surface area contributed by atoms with E-state index in [1.165, 1.54) is 0 Å².